The number of pyridine rings is 1. The van der Waals surface area contributed by atoms with Gasteiger partial charge in [0.1, 0.15) is 6.04 Å². The molecule has 1 amide bonds. The molecule has 2 unspecified atom stereocenters. The molecular formula is C16H18N4O. The van der Waals surface area contributed by atoms with Crippen molar-refractivity contribution in [1.82, 2.24) is 15.8 Å². The number of aromatic nitrogens is 1. The molecule has 108 valence electrons. The Balaban J connectivity index is 1.62. The number of aryl methyl sites for hydroxylation is 1. The van der Waals surface area contributed by atoms with Crippen LogP contribution in [0, 0.1) is 6.92 Å². The van der Waals surface area contributed by atoms with Crippen LogP contribution in [-0.2, 0) is 4.79 Å². The largest absolute Gasteiger partial charge is 0.325 e. The van der Waals surface area contributed by atoms with Crippen LogP contribution in [0.2, 0.25) is 0 Å². The lowest BCUT2D eigenvalue weighted by molar-refractivity contribution is -0.117. The van der Waals surface area contributed by atoms with Gasteiger partial charge >= 0.3 is 0 Å². The lowest BCUT2D eigenvalue weighted by atomic mass is 10.0. The standard InChI is InChI=1S/C16H18N4O/c1-11-4-2-6-13(8-11)18-16(21)15-9-14(19-20-15)12-5-3-7-17-10-12/h2-8,10,14-15,19-20H,9H2,1H3,(H,18,21). The van der Waals surface area contributed by atoms with E-state index < -0.39 is 0 Å². The highest BCUT2D eigenvalue weighted by molar-refractivity contribution is 5.95. The van der Waals surface area contributed by atoms with Crippen molar-refractivity contribution in [3.8, 4) is 0 Å². The first-order valence-corrected chi connectivity index (χ1v) is 7.01. The van der Waals surface area contributed by atoms with Gasteiger partial charge in [0.15, 0.2) is 0 Å². The number of hydrogen-bond donors (Lipinski definition) is 3. The van der Waals surface area contributed by atoms with E-state index in [4.69, 9.17) is 0 Å². The molecular weight excluding hydrogens is 264 g/mol. The van der Waals surface area contributed by atoms with Gasteiger partial charge in [-0.25, -0.2) is 10.9 Å². The smallest absolute Gasteiger partial charge is 0.242 e. The van der Waals surface area contributed by atoms with E-state index in [-0.39, 0.29) is 18.0 Å². The Hall–Kier alpha value is -2.24. The Bertz CT molecular complexity index is 629. The van der Waals surface area contributed by atoms with Crippen molar-refractivity contribution in [2.24, 2.45) is 0 Å². The second-order valence-corrected chi connectivity index (χ2v) is 5.27. The molecule has 0 radical (unpaired) electrons. The fourth-order valence-corrected chi connectivity index (χ4v) is 2.48. The van der Waals surface area contributed by atoms with Crippen molar-refractivity contribution in [3.63, 3.8) is 0 Å². The first-order valence-electron chi connectivity index (χ1n) is 7.01. The molecule has 3 rings (SSSR count). The van der Waals surface area contributed by atoms with E-state index in [9.17, 15) is 4.79 Å². The number of nitrogens with zero attached hydrogens (tertiary/aromatic N) is 1. The van der Waals surface area contributed by atoms with Crippen molar-refractivity contribution in [1.29, 1.82) is 0 Å². The van der Waals surface area contributed by atoms with E-state index in [1.807, 2.05) is 49.5 Å². The Morgan fingerprint density at radius 1 is 1.29 bits per heavy atom. The summed E-state index contributed by atoms with van der Waals surface area (Å²) in [6, 6.07) is 11.5. The van der Waals surface area contributed by atoms with Crippen LogP contribution >= 0.6 is 0 Å². The van der Waals surface area contributed by atoms with E-state index in [0.29, 0.717) is 6.42 Å². The molecule has 1 fully saturated rings. The van der Waals surface area contributed by atoms with Gasteiger partial charge in [-0.05, 0) is 42.7 Å². The normalized spacial score (nSPS) is 21.2. The van der Waals surface area contributed by atoms with E-state index in [1.54, 1.807) is 6.20 Å². The number of carbonyl (C=O) groups is 1. The Morgan fingerprint density at radius 2 is 2.19 bits per heavy atom. The summed E-state index contributed by atoms with van der Waals surface area (Å²) in [4.78, 5) is 16.4. The van der Waals surface area contributed by atoms with Gasteiger partial charge in [0.2, 0.25) is 5.91 Å². The zero-order chi connectivity index (χ0) is 14.7. The van der Waals surface area contributed by atoms with Crippen LogP contribution in [0.1, 0.15) is 23.6 Å². The number of amides is 1. The molecule has 1 aromatic heterocycles. The van der Waals surface area contributed by atoms with Crippen LogP contribution in [0.3, 0.4) is 0 Å². The minimum Gasteiger partial charge on any atom is -0.325 e. The number of rotatable bonds is 3. The predicted octanol–water partition coefficient (Wildman–Crippen LogP) is 1.94. The molecule has 5 heteroatoms. The number of anilines is 1. The monoisotopic (exact) mass is 282 g/mol. The van der Waals surface area contributed by atoms with Crippen molar-refractivity contribution < 1.29 is 4.79 Å². The molecule has 5 nitrogen and oxygen atoms in total. The Labute approximate surface area is 123 Å². The van der Waals surface area contributed by atoms with E-state index in [1.165, 1.54) is 0 Å². The van der Waals surface area contributed by atoms with E-state index in [0.717, 1.165) is 16.8 Å². The summed E-state index contributed by atoms with van der Waals surface area (Å²) in [6.07, 6.45) is 4.26. The average molecular weight is 282 g/mol. The predicted molar refractivity (Wildman–Crippen MR) is 81.5 cm³/mol. The van der Waals surface area contributed by atoms with Crippen molar-refractivity contribution in [2.45, 2.75) is 25.4 Å². The second-order valence-electron chi connectivity index (χ2n) is 5.27. The van der Waals surface area contributed by atoms with E-state index in [2.05, 4.69) is 21.2 Å². The number of hydrogen-bond acceptors (Lipinski definition) is 4. The molecule has 1 aliphatic heterocycles. The van der Waals surface area contributed by atoms with Gasteiger partial charge in [-0.15, -0.1) is 0 Å². The summed E-state index contributed by atoms with van der Waals surface area (Å²) in [6.45, 7) is 2.00. The fourth-order valence-electron chi connectivity index (χ4n) is 2.48. The Morgan fingerprint density at radius 3 is 2.95 bits per heavy atom. The summed E-state index contributed by atoms with van der Waals surface area (Å²) in [5.41, 5.74) is 9.23. The highest BCUT2D eigenvalue weighted by Gasteiger charge is 2.30. The number of nitrogens with one attached hydrogen (secondary N) is 3. The van der Waals surface area contributed by atoms with Gasteiger partial charge in [-0.1, -0.05) is 18.2 Å². The fraction of sp³-hybridized carbons (Fsp3) is 0.250. The van der Waals surface area contributed by atoms with Gasteiger partial charge in [-0.3, -0.25) is 9.78 Å². The third-order valence-corrected chi connectivity index (χ3v) is 3.59. The molecule has 0 saturated carbocycles. The van der Waals surface area contributed by atoms with E-state index >= 15 is 0 Å². The molecule has 2 atom stereocenters. The highest BCUT2D eigenvalue weighted by Crippen LogP contribution is 2.22. The average Bonchev–Trinajstić information content (AvgIpc) is 2.98. The molecule has 1 saturated heterocycles. The lowest BCUT2D eigenvalue weighted by Crippen LogP contribution is -2.39. The summed E-state index contributed by atoms with van der Waals surface area (Å²) < 4.78 is 0. The Kier molecular flexibility index (Phi) is 3.94. The molecule has 1 aromatic carbocycles. The van der Waals surface area contributed by atoms with Gasteiger partial charge in [-0.2, -0.15) is 0 Å². The quantitative estimate of drug-likeness (QED) is 0.805. The summed E-state index contributed by atoms with van der Waals surface area (Å²) in [7, 11) is 0. The second kappa shape index (κ2) is 6.03. The molecule has 2 heterocycles. The van der Waals surface area contributed by atoms with Crippen LogP contribution in [-0.4, -0.2) is 16.9 Å². The minimum absolute atomic E-state index is 0.0282. The molecule has 0 bridgehead atoms. The zero-order valence-corrected chi connectivity index (χ0v) is 11.8. The first-order chi connectivity index (χ1) is 10.2. The van der Waals surface area contributed by atoms with Crippen molar-refractivity contribution in [2.75, 3.05) is 5.32 Å². The number of benzene rings is 1. The molecule has 1 aliphatic rings. The maximum absolute atomic E-state index is 12.3. The van der Waals surface area contributed by atoms with Gasteiger partial charge in [0, 0.05) is 24.1 Å². The van der Waals surface area contributed by atoms with Gasteiger partial charge in [0.05, 0.1) is 0 Å². The number of carbonyl (C=O) groups excluding carboxylic acids is 1. The van der Waals surface area contributed by atoms with Crippen molar-refractivity contribution in [3.05, 3.63) is 59.9 Å². The van der Waals surface area contributed by atoms with Gasteiger partial charge in [0.25, 0.3) is 0 Å². The van der Waals surface area contributed by atoms with Gasteiger partial charge < -0.3 is 5.32 Å². The zero-order valence-electron chi connectivity index (χ0n) is 11.8. The summed E-state index contributed by atoms with van der Waals surface area (Å²) in [5, 5.41) is 2.94. The molecule has 0 spiro atoms. The van der Waals surface area contributed by atoms with Crippen LogP contribution in [0.4, 0.5) is 5.69 Å². The maximum Gasteiger partial charge on any atom is 0.242 e. The third-order valence-electron chi connectivity index (χ3n) is 3.59. The molecule has 3 N–H and O–H groups in total. The third kappa shape index (κ3) is 3.26. The summed E-state index contributed by atoms with van der Waals surface area (Å²) in [5.74, 6) is -0.0282. The number of hydrazine groups is 1. The van der Waals surface area contributed by atoms with Crippen LogP contribution in [0.5, 0.6) is 0 Å². The summed E-state index contributed by atoms with van der Waals surface area (Å²) >= 11 is 0. The highest BCUT2D eigenvalue weighted by atomic mass is 16.2. The molecule has 21 heavy (non-hydrogen) atoms. The molecule has 2 aromatic rings. The van der Waals surface area contributed by atoms with Crippen LogP contribution in [0.25, 0.3) is 0 Å². The van der Waals surface area contributed by atoms with Crippen LogP contribution < -0.4 is 16.2 Å². The maximum atomic E-state index is 12.3. The van der Waals surface area contributed by atoms with Crippen LogP contribution in [0.15, 0.2) is 48.8 Å². The molecule has 0 aliphatic carbocycles. The minimum atomic E-state index is -0.254. The SMILES string of the molecule is Cc1cccc(NC(=O)C2CC(c3cccnc3)NN2)c1. The van der Waals surface area contributed by atoms with Crippen molar-refractivity contribution >= 4 is 11.6 Å². The topological polar surface area (TPSA) is 66.0 Å². The first kappa shape index (κ1) is 13.7. The lowest BCUT2D eigenvalue weighted by Gasteiger charge is -2.11.